The summed E-state index contributed by atoms with van der Waals surface area (Å²) in [6.45, 7) is -1.27. The van der Waals surface area contributed by atoms with E-state index in [4.69, 9.17) is 34.3 Å². The van der Waals surface area contributed by atoms with Gasteiger partial charge in [-0.15, -0.1) is 0 Å². The van der Waals surface area contributed by atoms with Crippen molar-refractivity contribution in [2.24, 2.45) is 5.73 Å². The van der Waals surface area contributed by atoms with E-state index in [1.165, 1.54) is 36.4 Å². The lowest BCUT2D eigenvalue weighted by atomic mass is 10.1. The SMILES string of the molecule is N=C(c1ccc(Cl)cc1)N(C[C@H](O)C(F)(F)F)C(=O)NCc1nn(Cc2ccccc2Cl)c2cc(C(N)=O)ccc12. The molecule has 214 valence electrons. The Balaban J connectivity index is 1.64. The molecular formula is C27H23Cl2F3N6O3. The van der Waals surface area contributed by atoms with Crippen LogP contribution in [-0.4, -0.2) is 56.4 Å². The lowest BCUT2D eigenvalue weighted by Gasteiger charge is -2.27. The maximum atomic E-state index is 13.2. The van der Waals surface area contributed by atoms with Crippen molar-refractivity contribution in [3.8, 4) is 0 Å². The molecule has 41 heavy (non-hydrogen) atoms. The second-order valence-corrected chi connectivity index (χ2v) is 9.82. The van der Waals surface area contributed by atoms with Crippen LogP contribution in [0.4, 0.5) is 18.0 Å². The molecule has 3 amide bonds. The minimum atomic E-state index is -5.02. The highest BCUT2D eigenvalue weighted by Crippen LogP contribution is 2.25. The number of nitrogens with zero attached hydrogens (tertiary/aromatic N) is 3. The molecule has 4 aromatic rings. The van der Waals surface area contributed by atoms with Crippen LogP contribution in [0.3, 0.4) is 0 Å². The Labute approximate surface area is 241 Å². The highest BCUT2D eigenvalue weighted by Gasteiger charge is 2.41. The molecule has 0 aliphatic heterocycles. The lowest BCUT2D eigenvalue weighted by Crippen LogP contribution is -2.50. The summed E-state index contributed by atoms with van der Waals surface area (Å²) in [6, 6.07) is 16.2. The van der Waals surface area contributed by atoms with Crippen molar-refractivity contribution < 1.29 is 27.9 Å². The maximum absolute atomic E-state index is 13.2. The van der Waals surface area contributed by atoms with E-state index in [0.29, 0.717) is 31.5 Å². The minimum Gasteiger partial charge on any atom is -0.382 e. The summed E-state index contributed by atoms with van der Waals surface area (Å²) >= 11 is 12.2. The van der Waals surface area contributed by atoms with Gasteiger partial charge in [-0.3, -0.25) is 19.8 Å². The second-order valence-electron chi connectivity index (χ2n) is 8.97. The number of amides is 3. The Morgan fingerprint density at radius 2 is 1.73 bits per heavy atom. The number of rotatable bonds is 8. The quantitative estimate of drug-likeness (QED) is 0.166. The third-order valence-corrected chi connectivity index (χ3v) is 6.78. The first-order valence-corrected chi connectivity index (χ1v) is 12.8. The largest absolute Gasteiger partial charge is 0.416 e. The number of alkyl halides is 3. The molecule has 0 bridgehead atoms. The normalized spacial score (nSPS) is 12.2. The van der Waals surface area contributed by atoms with Crippen LogP contribution >= 0.6 is 23.2 Å². The fourth-order valence-electron chi connectivity index (χ4n) is 4.01. The summed E-state index contributed by atoms with van der Waals surface area (Å²) in [7, 11) is 0. The second kappa shape index (κ2) is 12.2. The zero-order chi connectivity index (χ0) is 29.9. The number of aliphatic hydroxyl groups is 1. The average Bonchev–Trinajstić information content (AvgIpc) is 3.27. The first-order chi connectivity index (χ1) is 19.3. The molecule has 0 aliphatic rings. The van der Waals surface area contributed by atoms with E-state index in [0.717, 1.165) is 5.56 Å². The van der Waals surface area contributed by atoms with Crippen LogP contribution in [0.2, 0.25) is 10.0 Å². The molecule has 1 aromatic heterocycles. The molecule has 0 fully saturated rings. The van der Waals surface area contributed by atoms with Gasteiger partial charge in [-0.05, 0) is 48.0 Å². The summed E-state index contributed by atoms with van der Waals surface area (Å²) in [5.74, 6) is -1.24. The van der Waals surface area contributed by atoms with Crippen LogP contribution in [0.15, 0.2) is 66.7 Å². The molecule has 0 saturated heterocycles. The van der Waals surface area contributed by atoms with Crippen molar-refractivity contribution in [3.63, 3.8) is 0 Å². The molecule has 0 aliphatic carbocycles. The molecule has 0 spiro atoms. The molecule has 0 unspecified atom stereocenters. The number of aromatic nitrogens is 2. The number of urea groups is 1. The van der Waals surface area contributed by atoms with E-state index >= 15 is 0 Å². The zero-order valence-electron chi connectivity index (χ0n) is 21.1. The van der Waals surface area contributed by atoms with Crippen molar-refractivity contribution in [1.29, 1.82) is 5.41 Å². The number of amidine groups is 1. The van der Waals surface area contributed by atoms with Crippen molar-refractivity contribution in [3.05, 3.63) is 99.2 Å². The number of fused-ring (bicyclic) bond motifs is 1. The van der Waals surface area contributed by atoms with Crippen molar-refractivity contribution in [2.45, 2.75) is 25.4 Å². The zero-order valence-corrected chi connectivity index (χ0v) is 22.6. The number of carbonyl (C=O) groups excluding carboxylic acids is 2. The molecule has 0 saturated carbocycles. The van der Waals surface area contributed by atoms with E-state index in [2.05, 4.69) is 10.4 Å². The number of benzene rings is 3. The third kappa shape index (κ3) is 6.96. The number of aliphatic hydroxyl groups excluding tert-OH is 1. The third-order valence-electron chi connectivity index (χ3n) is 6.16. The van der Waals surface area contributed by atoms with Gasteiger partial charge < -0.3 is 16.2 Å². The highest BCUT2D eigenvalue weighted by atomic mass is 35.5. The predicted molar refractivity (Wildman–Crippen MR) is 148 cm³/mol. The Bertz CT molecular complexity index is 1610. The van der Waals surface area contributed by atoms with Crippen LogP contribution < -0.4 is 11.1 Å². The predicted octanol–water partition coefficient (Wildman–Crippen LogP) is 4.95. The van der Waals surface area contributed by atoms with Gasteiger partial charge in [0.05, 0.1) is 30.8 Å². The molecule has 1 heterocycles. The van der Waals surface area contributed by atoms with Crippen LogP contribution in [0.25, 0.3) is 10.9 Å². The number of hydrogen-bond acceptors (Lipinski definition) is 5. The average molecular weight is 607 g/mol. The smallest absolute Gasteiger partial charge is 0.382 e. The summed E-state index contributed by atoms with van der Waals surface area (Å²) in [5, 5.41) is 26.4. The first-order valence-electron chi connectivity index (χ1n) is 12.0. The fraction of sp³-hybridized carbons (Fsp3) is 0.185. The Morgan fingerprint density at radius 1 is 1.07 bits per heavy atom. The van der Waals surface area contributed by atoms with Crippen LogP contribution in [0.5, 0.6) is 0 Å². The molecule has 3 aromatic carbocycles. The standard InChI is InChI=1S/C27H23Cl2F3N6O3/c28-18-8-5-15(6-9-18)24(33)37(14-23(39)27(30,31)32)26(41)35-12-21-19-10-7-16(25(34)40)11-22(19)38(36-21)13-17-3-1-2-4-20(17)29/h1-11,23,33,39H,12-14H2,(H2,34,40)(H,35,41)/t23-/m0/s1. The van der Waals surface area contributed by atoms with Gasteiger partial charge in [0.15, 0.2) is 6.10 Å². The van der Waals surface area contributed by atoms with Gasteiger partial charge >= 0.3 is 12.2 Å². The topological polar surface area (TPSA) is 137 Å². The van der Waals surface area contributed by atoms with E-state index in [1.807, 2.05) is 0 Å². The molecule has 1 atom stereocenters. The van der Waals surface area contributed by atoms with Gasteiger partial charge in [0.2, 0.25) is 5.91 Å². The van der Waals surface area contributed by atoms with Crippen molar-refractivity contribution in [2.75, 3.05) is 6.54 Å². The summed E-state index contributed by atoms with van der Waals surface area (Å²) < 4.78 is 41.1. The fourth-order valence-corrected chi connectivity index (χ4v) is 4.33. The lowest BCUT2D eigenvalue weighted by molar-refractivity contribution is -0.204. The molecule has 9 nitrogen and oxygen atoms in total. The molecule has 5 N–H and O–H groups in total. The molecule has 0 radical (unpaired) electrons. The number of halogens is 5. The van der Waals surface area contributed by atoms with Gasteiger partial charge in [0.1, 0.15) is 5.84 Å². The number of hydrogen-bond donors (Lipinski definition) is 4. The number of carbonyl (C=O) groups is 2. The Kier molecular flexibility index (Phi) is 8.86. The van der Waals surface area contributed by atoms with Crippen molar-refractivity contribution in [1.82, 2.24) is 20.0 Å². The minimum absolute atomic E-state index is 0.104. The van der Waals surface area contributed by atoms with E-state index in [1.54, 1.807) is 35.0 Å². The van der Waals surface area contributed by atoms with Crippen LogP contribution in [0, 0.1) is 5.41 Å². The number of primary amides is 1. The van der Waals surface area contributed by atoms with E-state index in [-0.39, 0.29) is 24.2 Å². The van der Waals surface area contributed by atoms with Crippen LogP contribution in [-0.2, 0) is 13.1 Å². The van der Waals surface area contributed by atoms with Crippen molar-refractivity contribution >= 4 is 51.9 Å². The molecule has 4 rings (SSSR count). The maximum Gasteiger partial charge on any atom is 0.416 e. The Morgan fingerprint density at radius 3 is 2.37 bits per heavy atom. The van der Waals surface area contributed by atoms with Gasteiger partial charge in [-0.1, -0.05) is 47.5 Å². The van der Waals surface area contributed by atoms with Gasteiger partial charge in [0, 0.05) is 26.6 Å². The number of nitrogens with one attached hydrogen (secondary N) is 2. The van der Waals surface area contributed by atoms with E-state index in [9.17, 15) is 27.9 Å². The van der Waals surface area contributed by atoms with Gasteiger partial charge in [0.25, 0.3) is 0 Å². The molecule has 14 heteroatoms. The number of nitrogens with two attached hydrogens (primary N) is 1. The van der Waals surface area contributed by atoms with Gasteiger partial charge in [-0.2, -0.15) is 18.3 Å². The first kappa shape index (κ1) is 29.8. The summed E-state index contributed by atoms with van der Waals surface area (Å²) in [5.41, 5.74) is 7.32. The summed E-state index contributed by atoms with van der Waals surface area (Å²) in [4.78, 5) is 25.4. The van der Waals surface area contributed by atoms with E-state index < -0.39 is 36.6 Å². The monoisotopic (exact) mass is 606 g/mol. The van der Waals surface area contributed by atoms with Gasteiger partial charge in [-0.25, -0.2) is 4.79 Å². The Hall–Kier alpha value is -4.13. The van der Waals surface area contributed by atoms with Crippen LogP contribution in [0.1, 0.15) is 27.2 Å². The summed E-state index contributed by atoms with van der Waals surface area (Å²) in [6.07, 6.45) is -7.92. The highest BCUT2D eigenvalue weighted by molar-refractivity contribution is 6.31. The molecular weight excluding hydrogens is 584 g/mol.